The highest BCUT2D eigenvalue weighted by molar-refractivity contribution is 7.15. The van der Waals surface area contributed by atoms with Crippen molar-refractivity contribution >= 4 is 28.1 Å². The maximum Gasteiger partial charge on any atom is 0.205 e. The molecule has 0 saturated carbocycles. The number of hydrogen-bond donors (Lipinski definition) is 1. The topological polar surface area (TPSA) is 37.8 Å². The van der Waals surface area contributed by atoms with Gasteiger partial charge in [-0.05, 0) is 13.8 Å². The van der Waals surface area contributed by atoms with Crippen LogP contribution in [0.3, 0.4) is 0 Å². The van der Waals surface area contributed by atoms with Gasteiger partial charge in [-0.1, -0.05) is 11.3 Å². The standard InChI is InChI=1S/C6H10ClN3S/c1-4(7)3-8-6-10-9-5(2)11-6/h4H,3H2,1-2H3,(H,8,10). The van der Waals surface area contributed by atoms with Crippen LogP contribution in [0.15, 0.2) is 0 Å². The average molecular weight is 192 g/mol. The SMILES string of the molecule is Cc1nnc(NCC(C)Cl)s1. The molecule has 0 aromatic carbocycles. The van der Waals surface area contributed by atoms with Gasteiger partial charge < -0.3 is 5.32 Å². The summed E-state index contributed by atoms with van der Waals surface area (Å²) in [6, 6.07) is 0. The van der Waals surface area contributed by atoms with Crippen molar-refractivity contribution in [3.05, 3.63) is 5.01 Å². The lowest BCUT2D eigenvalue weighted by atomic mass is 10.5. The first-order valence-electron chi connectivity index (χ1n) is 3.36. The van der Waals surface area contributed by atoms with Gasteiger partial charge in [0.1, 0.15) is 5.01 Å². The first-order chi connectivity index (χ1) is 5.18. The van der Waals surface area contributed by atoms with E-state index >= 15 is 0 Å². The number of aryl methyl sites for hydroxylation is 1. The maximum atomic E-state index is 5.73. The van der Waals surface area contributed by atoms with Gasteiger partial charge in [0.15, 0.2) is 0 Å². The van der Waals surface area contributed by atoms with Crippen LogP contribution in [0.2, 0.25) is 0 Å². The first-order valence-corrected chi connectivity index (χ1v) is 4.62. The van der Waals surface area contributed by atoms with E-state index in [0.717, 1.165) is 16.7 Å². The summed E-state index contributed by atoms with van der Waals surface area (Å²) in [7, 11) is 0. The van der Waals surface area contributed by atoms with Crippen LogP contribution in [0.1, 0.15) is 11.9 Å². The molecule has 5 heteroatoms. The second-order valence-corrected chi connectivity index (χ2v) is 4.21. The molecule has 0 saturated heterocycles. The van der Waals surface area contributed by atoms with Crippen LogP contribution in [0.5, 0.6) is 0 Å². The number of rotatable bonds is 3. The van der Waals surface area contributed by atoms with E-state index in [9.17, 15) is 0 Å². The van der Waals surface area contributed by atoms with Crippen LogP contribution in [0, 0.1) is 6.92 Å². The van der Waals surface area contributed by atoms with Crippen molar-refractivity contribution in [2.75, 3.05) is 11.9 Å². The van der Waals surface area contributed by atoms with E-state index in [1.807, 2.05) is 13.8 Å². The minimum Gasteiger partial charge on any atom is -0.359 e. The molecule has 62 valence electrons. The Morgan fingerprint density at radius 1 is 1.64 bits per heavy atom. The Bertz CT molecular complexity index is 223. The van der Waals surface area contributed by atoms with Gasteiger partial charge in [0.25, 0.3) is 0 Å². The number of nitrogens with one attached hydrogen (secondary N) is 1. The lowest BCUT2D eigenvalue weighted by molar-refractivity contribution is 0.966. The van der Waals surface area contributed by atoms with Crippen molar-refractivity contribution in [3.63, 3.8) is 0 Å². The van der Waals surface area contributed by atoms with Gasteiger partial charge in [0.2, 0.25) is 5.13 Å². The molecule has 11 heavy (non-hydrogen) atoms. The highest BCUT2D eigenvalue weighted by atomic mass is 35.5. The zero-order valence-electron chi connectivity index (χ0n) is 6.47. The second-order valence-electron chi connectivity index (χ2n) is 2.29. The van der Waals surface area contributed by atoms with Crippen LogP contribution < -0.4 is 5.32 Å². The Balaban J connectivity index is 2.39. The number of anilines is 1. The monoisotopic (exact) mass is 191 g/mol. The van der Waals surface area contributed by atoms with Gasteiger partial charge in [0.05, 0.1) is 0 Å². The fourth-order valence-electron chi connectivity index (χ4n) is 0.596. The molecule has 0 aliphatic carbocycles. The van der Waals surface area contributed by atoms with Crippen molar-refractivity contribution < 1.29 is 0 Å². The smallest absolute Gasteiger partial charge is 0.205 e. The quantitative estimate of drug-likeness (QED) is 0.742. The Morgan fingerprint density at radius 3 is 2.82 bits per heavy atom. The molecule has 1 atom stereocenters. The molecule has 3 nitrogen and oxygen atoms in total. The predicted molar refractivity (Wildman–Crippen MR) is 48.5 cm³/mol. The van der Waals surface area contributed by atoms with Gasteiger partial charge >= 0.3 is 0 Å². The normalized spacial score (nSPS) is 13.0. The number of aromatic nitrogens is 2. The third-order valence-corrected chi connectivity index (χ3v) is 2.01. The summed E-state index contributed by atoms with van der Waals surface area (Å²) in [5, 5.41) is 12.8. The van der Waals surface area contributed by atoms with Gasteiger partial charge in [-0.25, -0.2) is 0 Å². The number of hydrogen-bond acceptors (Lipinski definition) is 4. The predicted octanol–water partition coefficient (Wildman–Crippen LogP) is 1.89. The van der Waals surface area contributed by atoms with Crippen LogP contribution in [0.4, 0.5) is 5.13 Å². The van der Waals surface area contributed by atoms with E-state index < -0.39 is 0 Å². The molecule has 0 aliphatic rings. The first kappa shape index (κ1) is 8.74. The number of alkyl halides is 1. The van der Waals surface area contributed by atoms with Crippen molar-refractivity contribution in [3.8, 4) is 0 Å². The minimum absolute atomic E-state index is 0.124. The summed E-state index contributed by atoms with van der Waals surface area (Å²) >= 11 is 7.27. The summed E-state index contributed by atoms with van der Waals surface area (Å²) < 4.78 is 0. The van der Waals surface area contributed by atoms with E-state index in [2.05, 4.69) is 15.5 Å². The van der Waals surface area contributed by atoms with Gasteiger partial charge in [-0.3, -0.25) is 0 Å². The van der Waals surface area contributed by atoms with Crippen LogP contribution in [-0.4, -0.2) is 22.1 Å². The Morgan fingerprint density at radius 2 is 2.36 bits per heavy atom. The molecule has 0 bridgehead atoms. The Hall–Kier alpha value is -0.350. The van der Waals surface area contributed by atoms with Crippen molar-refractivity contribution in [1.29, 1.82) is 0 Å². The lowest BCUT2D eigenvalue weighted by Crippen LogP contribution is -2.09. The lowest BCUT2D eigenvalue weighted by Gasteiger charge is -2.01. The van der Waals surface area contributed by atoms with Gasteiger partial charge in [-0.2, -0.15) is 0 Å². The number of nitrogens with zero attached hydrogens (tertiary/aromatic N) is 2. The van der Waals surface area contributed by atoms with E-state index in [0.29, 0.717) is 0 Å². The molecule has 0 amide bonds. The fraction of sp³-hybridized carbons (Fsp3) is 0.667. The summed E-state index contributed by atoms with van der Waals surface area (Å²) in [6.07, 6.45) is 0. The zero-order chi connectivity index (χ0) is 8.27. The minimum atomic E-state index is 0.124. The Kier molecular flexibility index (Phi) is 3.08. The van der Waals surface area contributed by atoms with E-state index in [-0.39, 0.29) is 5.38 Å². The molecule has 1 N–H and O–H groups in total. The third kappa shape index (κ3) is 3.03. The van der Waals surface area contributed by atoms with Crippen LogP contribution in [0.25, 0.3) is 0 Å². The molecule has 0 spiro atoms. The maximum absolute atomic E-state index is 5.73. The van der Waals surface area contributed by atoms with Crippen LogP contribution >= 0.6 is 22.9 Å². The van der Waals surface area contributed by atoms with E-state index in [1.54, 1.807) is 0 Å². The molecule has 1 aromatic rings. The average Bonchev–Trinajstić information content (AvgIpc) is 2.31. The second kappa shape index (κ2) is 3.88. The molecule has 1 rings (SSSR count). The largest absolute Gasteiger partial charge is 0.359 e. The third-order valence-electron chi connectivity index (χ3n) is 1.06. The Labute approximate surface area is 74.8 Å². The van der Waals surface area contributed by atoms with Gasteiger partial charge in [0, 0.05) is 11.9 Å². The highest BCUT2D eigenvalue weighted by Crippen LogP contribution is 2.13. The molecule has 0 fully saturated rings. The summed E-state index contributed by atoms with van der Waals surface area (Å²) in [5.74, 6) is 0. The van der Waals surface area contributed by atoms with E-state index in [1.165, 1.54) is 11.3 Å². The summed E-state index contributed by atoms with van der Waals surface area (Å²) in [4.78, 5) is 0. The molecular weight excluding hydrogens is 182 g/mol. The molecule has 1 unspecified atom stereocenters. The molecule has 0 aliphatic heterocycles. The number of halogens is 1. The molecule has 0 radical (unpaired) electrons. The molecule has 1 heterocycles. The summed E-state index contributed by atoms with van der Waals surface area (Å²) in [5.41, 5.74) is 0. The van der Waals surface area contributed by atoms with Crippen molar-refractivity contribution in [1.82, 2.24) is 10.2 Å². The van der Waals surface area contributed by atoms with Gasteiger partial charge in [-0.15, -0.1) is 21.8 Å². The molecule has 1 aromatic heterocycles. The van der Waals surface area contributed by atoms with Crippen LogP contribution in [-0.2, 0) is 0 Å². The van der Waals surface area contributed by atoms with Crippen molar-refractivity contribution in [2.45, 2.75) is 19.2 Å². The summed E-state index contributed by atoms with van der Waals surface area (Å²) in [6.45, 7) is 4.59. The zero-order valence-corrected chi connectivity index (χ0v) is 8.04. The highest BCUT2D eigenvalue weighted by Gasteiger charge is 2.00. The molecular formula is C6H10ClN3S. The van der Waals surface area contributed by atoms with Crippen molar-refractivity contribution in [2.24, 2.45) is 0 Å². The fourth-order valence-corrected chi connectivity index (χ4v) is 1.27. The van der Waals surface area contributed by atoms with E-state index in [4.69, 9.17) is 11.6 Å².